The summed E-state index contributed by atoms with van der Waals surface area (Å²) >= 11 is 25.7. The number of aryl methyl sites for hydroxylation is 1. The number of carbonyl (C=O) groups is 6. The first-order valence-electron chi connectivity index (χ1n) is 41.7. The van der Waals surface area contributed by atoms with Crippen LogP contribution in [0.2, 0.25) is 15.1 Å². The molecule has 38 heteroatoms. The van der Waals surface area contributed by atoms with Crippen molar-refractivity contribution in [3.63, 3.8) is 0 Å². The molecule has 12 heterocycles. The van der Waals surface area contributed by atoms with Crippen LogP contribution in [0.25, 0.3) is 78.3 Å². The third kappa shape index (κ3) is 30.7. The molecule has 0 spiro atoms. The molecule has 19 aromatic rings. The monoisotopic (exact) mass is 2030 g/mol. The number of pyridine rings is 6. The minimum Gasteiger partial charge on any atom is -0.302 e. The van der Waals surface area contributed by atoms with Gasteiger partial charge in [-0.1, -0.05) is 125 Å². The van der Waals surface area contributed by atoms with Gasteiger partial charge in [0.25, 0.3) is 0 Å². The first-order valence-corrected chi connectivity index (χ1v) is 48.1. The van der Waals surface area contributed by atoms with Crippen molar-refractivity contribution in [2.75, 3.05) is 31.9 Å². The first kappa shape index (κ1) is 99.8. The Kier molecular flexibility index (Phi) is 35.9. The van der Waals surface area contributed by atoms with Gasteiger partial charge in [-0.15, -0.1) is 68.0 Å². The summed E-state index contributed by atoms with van der Waals surface area (Å²) in [6.45, 7) is 2.02. The van der Waals surface area contributed by atoms with Crippen molar-refractivity contribution in [2.24, 2.45) is 0 Å². The predicted octanol–water partition coefficient (Wildman–Crippen LogP) is 24.4. The van der Waals surface area contributed by atoms with Gasteiger partial charge in [-0.3, -0.25) is 58.7 Å². The molecule has 0 aliphatic carbocycles. The summed E-state index contributed by atoms with van der Waals surface area (Å²) < 4.78 is 66.3. The molecule has 0 radical (unpaired) electrons. The normalized spacial score (nSPS) is 10.5. The van der Waals surface area contributed by atoms with E-state index in [1.54, 1.807) is 80.4 Å². The second-order valence-electron chi connectivity index (χ2n) is 29.6. The third-order valence-corrected chi connectivity index (χ3v) is 24.9. The highest BCUT2D eigenvalue weighted by molar-refractivity contribution is 7.15. The van der Waals surface area contributed by atoms with E-state index in [1.165, 1.54) is 128 Å². The van der Waals surface area contributed by atoms with Crippen molar-refractivity contribution in [1.82, 2.24) is 59.8 Å². The zero-order chi connectivity index (χ0) is 97.4. The summed E-state index contributed by atoms with van der Waals surface area (Å²) in [5.41, 5.74) is 14.9. The molecule has 0 fully saturated rings. The molecule has 19 rings (SSSR count). The summed E-state index contributed by atoms with van der Waals surface area (Å²) in [6, 6.07) is 60.3. The average molecular weight is 2030 g/mol. The van der Waals surface area contributed by atoms with E-state index in [0.717, 1.165) is 102 Å². The molecule has 0 saturated heterocycles. The van der Waals surface area contributed by atoms with Crippen LogP contribution < -0.4 is 31.9 Å². The number of hydrogen-bond donors (Lipinski definition) is 6. The van der Waals surface area contributed by atoms with E-state index >= 15 is 0 Å². The van der Waals surface area contributed by atoms with Crippen molar-refractivity contribution < 1.29 is 50.7 Å². The molecule has 0 atom stereocenters. The number of carbonyl (C=O) groups excluding carboxylic acids is 6. The van der Waals surface area contributed by atoms with Crippen molar-refractivity contribution >= 4 is 180 Å². The van der Waals surface area contributed by atoms with Crippen molar-refractivity contribution in [3.8, 4) is 67.5 Å². The van der Waals surface area contributed by atoms with Crippen molar-refractivity contribution in [1.29, 1.82) is 0 Å². The number of hydrogen-bond acceptors (Lipinski definition) is 24. The first-order chi connectivity index (χ1) is 67.5. The van der Waals surface area contributed by atoms with Gasteiger partial charge in [0.05, 0.1) is 72.7 Å². The fourth-order valence-corrected chi connectivity index (χ4v) is 17.9. The van der Waals surface area contributed by atoms with Gasteiger partial charge in [0.2, 0.25) is 35.4 Å². The lowest BCUT2D eigenvalue weighted by Gasteiger charge is -2.05. The summed E-state index contributed by atoms with van der Waals surface area (Å²) in [7, 11) is 0. The molecule has 0 bridgehead atoms. The lowest BCUT2D eigenvalue weighted by Crippen LogP contribution is -2.15. The van der Waals surface area contributed by atoms with Crippen LogP contribution in [0, 0.1) is 36.0 Å². The van der Waals surface area contributed by atoms with Crippen molar-refractivity contribution in [3.05, 3.63) is 402 Å². The number of thiazole rings is 6. The predicted molar refractivity (Wildman–Crippen MR) is 542 cm³/mol. The number of nitrogens with one attached hydrogen (secondary N) is 6. The number of halogens is 8. The molecule has 0 aliphatic heterocycles. The highest BCUT2D eigenvalue weighted by Gasteiger charge is 2.20. The van der Waals surface area contributed by atoms with E-state index in [4.69, 9.17) is 34.8 Å². The quantitative estimate of drug-likeness (QED) is 0.0306. The van der Waals surface area contributed by atoms with Gasteiger partial charge in [-0.2, -0.15) is 0 Å². The Bertz CT molecular complexity index is 7390. The van der Waals surface area contributed by atoms with E-state index in [1.807, 2.05) is 161 Å². The van der Waals surface area contributed by atoms with Gasteiger partial charge in [0, 0.05) is 161 Å². The Morgan fingerprint density at radius 3 is 0.986 bits per heavy atom. The lowest BCUT2D eigenvalue weighted by atomic mass is 10.1. The largest absolute Gasteiger partial charge is 0.302 e. The second kappa shape index (κ2) is 50.1. The Hall–Kier alpha value is -15.2. The van der Waals surface area contributed by atoms with Crippen LogP contribution in [0.5, 0.6) is 0 Å². The van der Waals surface area contributed by atoms with Gasteiger partial charge in [0.1, 0.15) is 17.5 Å². The maximum absolute atomic E-state index is 13.7. The van der Waals surface area contributed by atoms with Gasteiger partial charge in [-0.25, -0.2) is 51.9 Å². The summed E-state index contributed by atoms with van der Waals surface area (Å²) in [4.78, 5) is 123. The molecule has 6 amide bonds. The number of nitrogens with zero attached hydrogens (tertiary/aromatic N) is 12. The lowest BCUT2D eigenvalue weighted by molar-refractivity contribution is -0.116. The minimum absolute atomic E-state index is 0.0542. The van der Waals surface area contributed by atoms with E-state index in [2.05, 4.69) is 110 Å². The van der Waals surface area contributed by atoms with Gasteiger partial charge >= 0.3 is 0 Å². The standard InChI is InChI=1S/C20H15N3OS.C17H15N3OS.3C16H11ClFN3OS.C16H11F2N3OS/c24-19(12-14-5-6-15-3-1-2-4-17(15)11-14)23-20-22-18(13-25-20)16-7-9-21-10-8-16;1-12-3-2-4-13(9-12)10-16(21)20-17-19-15(11-22-17)14-5-7-18-8-6-14;17-12-1-2-13(18)11(7-12)8-15(22)21-16-20-14(9-23-16)10-3-5-19-6-4-10;17-13-8-12(18)2-1-11(13)7-15(22)21-16-20-14(9-23-16)10-3-5-19-6-4-10;17-12-2-1-3-13(18)11(12)8-15(22)21-16-20-14(9-23-16)10-4-6-19-7-5-10;17-12-2-1-10(7-13(12)18)8-15(22)21-16-20-14(9-23-16)11-3-5-19-6-4-11/h1-11,13H,12H2,(H,22,23,24);2-9,11H,10H2,1H3,(H,19,20,21);1-7,9H,8H2,(H,20,21,22);1-6,8-9H,7H2,(H,20,21,22);2*1-7,9H,8H2,(H,20,21,22). The Labute approximate surface area is 830 Å². The Morgan fingerprint density at radius 2 is 0.612 bits per heavy atom. The number of benzene rings is 7. The van der Waals surface area contributed by atoms with Crippen LogP contribution in [0.15, 0.2) is 319 Å². The molecular formula is C101H74Cl3F5N18O6S6. The smallest absolute Gasteiger partial charge is 0.230 e. The number of amides is 6. The van der Waals surface area contributed by atoms with Crippen LogP contribution in [-0.2, 0) is 67.3 Å². The van der Waals surface area contributed by atoms with E-state index < -0.39 is 29.1 Å². The number of rotatable bonds is 24. The van der Waals surface area contributed by atoms with Gasteiger partial charge < -0.3 is 31.9 Å². The number of fused-ring (bicyclic) bond motifs is 1. The molecule has 696 valence electrons. The SMILES string of the molecule is Cc1cccc(CC(=O)Nc2nc(-c3ccncc3)cs2)c1.O=C(Cc1c(F)cccc1Cl)Nc1nc(-c2ccncc2)cs1.O=C(Cc1cc(Cl)ccc1F)Nc1nc(-c2ccncc2)cs1.O=C(Cc1ccc(F)c(F)c1)Nc1nc(-c2ccncc2)cs1.O=C(Cc1ccc(F)cc1Cl)Nc1nc(-c2ccncc2)cs1.O=C(Cc1ccc2ccccc2c1)Nc1nc(-c2ccncc2)cs1. The molecule has 6 N–H and O–H groups in total. The Morgan fingerprint density at radius 1 is 0.273 bits per heavy atom. The van der Waals surface area contributed by atoms with Crippen LogP contribution in [-0.4, -0.2) is 95.3 Å². The van der Waals surface area contributed by atoms with Crippen LogP contribution >= 0.6 is 103 Å². The fourth-order valence-electron chi connectivity index (χ4n) is 12.8. The topological polar surface area (TPSA) is 329 Å². The molecular weight excluding hydrogens is 1950 g/mol. The Balaban J connectivity index is 0.000000133. The van der Waals surface area contributed by atoms with E-state index in [-0.39, 0.29) is 82.3 Å². The van der Waals surface area contributed by atoms with Gasteiger partial charge in [0.15, 0.2) is 42.4 Å². The fraction of sp³-hybridized carbons (Fsp3) is 0.0693. The molecule has 12 aromatic heterocycles. The number of anilines is 6. The molecule has 7 aromatic carbocycles. The molecule has 0 saturated carbocycles. The average Bonchev–Trinajstić information content (AvgIpc) is 1.56. The molecule has 0 aliphatic rings. The minimum atomic E-state index is -0.968. The van der Waals surface area contributed by atoms with Crippen molar-refractivity contribution in [2.45, 2.75) is 45.4 Å². The third-order valence-electron chi connectivity index (χ3n) is 19.5. The zero-order valence-corrected chi connectivity index (χ0v) is 79.8. The highest BCUT2D eigenvalue weighted by atomic mass is 35.5. The summed E-state index contributed by atoms with van der Waals surface area (Å²) in [5, 5.41) is 33.9. The highest BCUT2D eigenvalue weighted by Crippen LogP contribution is 2.33. The summed E-state index contributed by atoms with van der Waals surface area (Å²) in [5.74, 6) is -4.71. The maximum Gasteiger partial charge on any atom is 0.230 e. The zero-order valence-electron chi connectivity index (χ0n) is 72.6. The van der Waals surface area contributed by atoms with Crippen LogP contribution in [0.3, 0.4) is 0 Å². The molecule has 139 heavy (non-hydrogen) atoms. The molecule has 24 nitrogen and oxygen atoms in total. The second-order valence-corrected chi connectivity index (χ2v) is 36.0. The van der Waals surface area contributed by atoms with Gasteiger partial charge in [-0.05, 0) is 173 Å². The van der Waals surface area contributed by atoms with E-state index in [0.29, 0.717) is 59.8 Å². The maximum atomic E-state index is 13.7. The summed E-state index contributed by atoms with van der Waals surface area (Å²) in [6.07, 6.45) is 20.7. The molecule has 0 unspecified atom stereocenters. The van der Waals surface area contributed by atoms with Crippen LogP contribution in [0.4, 0.5) is 52.7 Å². The van der Waals surface area contributed by atoms with Crippen LogP contribution in [0.1, 0.15) is 38.9 Å². The van der Waals surface area contributed by atoms with E-state index in [9.17, 15) is 50.7 Å². The number of aromatic nitrogens is 12.